The van der Waals surface area contributed by atoms with Crippen molar-refractivity contribution in [2.45, 2.75) is 25.9 Å². The highest BCUT2D eigenvalue weighted by molar-refractivity contribution is 6.19. The molecule has 19 heavy (non-hydrogen) atoms. The molecule has 1 heterocycles. The van der Waals surface area contributed by atoms with E-state index in [4.69, 9.17) is 9.47 Å². The number of esters is 1. The highest BCUT2D eigenvalue weighted by Crippen LogP contribution is 2.40. The molecule has 0 bridgehead atoms. The zero-order chi connectivity index (χ0) is 14.0. The largest absolute Gasteiger partial charge is 0.466 e. The van der Waals surface area contributed by atoms with E-state index in [1.165, 1.54) is 7.11 Å². The van der Waals surface area contributed by atoms with Gasteiger partial charge in [0.1, 0.15) is 5.75 Å². The van der Waals surface area contributed by atoms with Gasteiger partial charge in [0.25, 0.3) is 5.60 Å². The van der Waals surface area contributed by atoms with Crippen LogP contribution in [0.1, 0.15) is 29.3 Å². The van der Waals surface area contributed by atoms with Crippen molar-refractivity contribution in [3.05, 3.63) is 41.5 Å². The summed E-state index contributed by atoms with van der Waals surface area (Å²) in [7, 11) is 1.26. The van der Waals surface area contributed by atoms with Gasteiger partial charge in [-0.1, -0.05) is 24.3 Å². The quantitative estimate of drug-likeness (QED) is 0.476. The Balaban J connectivity index is 2.52. The predicted molar refractivity (Wildman–Crippen MR) is 70.3 cm³/mol. The van der Waals surface area contributed by atoms with Gasteiger partial charge in [0.2, 0.25) is 5.78 Å². The van der Waals surface area contributed by atoms with Crippen LogP contribution in [0.4, 0.5) is 0 Å². The molecule has 1 aromatic carbocycles. The van der Waals surface area contributed by atoms with Crippen LogP contribution in [0.15, 0.2) is 30.4 Å². The van der Waals surface area contributed by atoms with Crippen molar-refractivity contribution in [1.82, 2.24) is 0 Å². The standard InChI is InChI=1S/C15H16O4/c1-4-5-9-15(14(17)18-3)13(16)11-8-6-7-10(2)12(11)19-15/h4-8H,9H2,1-3H3/b5-4-/t15-/m1/s1. The number of hydrogen-bond acceptors (Lipinski definition) is 4. The molecule has 1 aliphatic heterocycles. The fourth-order valence-corrected chi connectivity index (χ4v) is 2.21. The van der Waals surface area contributed by atoms with Gasteiger partial charge >= 0.3 is 5.97 Å². The molecule has 0 radical (unpaired) electrons. The summed E-state index contributed by atoms with van der Waals surface area (Å²) in [6.07, 6.45) is 3.68. The number of allylic oxidation sites excluding steroid dienone is 1. The van der Waals surface area contributed by atoms with Crippen LogP contribution in [-0.4, -0.2) is 24.5 Å². The Kier molecular flexibility index (Phi) is 3.42. The summed E-state index contributed by atoms with van der Waals surface area (Å²) in [5.74, 6) is -0.523. The minimum absolute atomic E-state index is 0.170. The zero-order valence-electron chi connectivity index (χ0n) is 11.2. The second-order valence-corrected chi connectivity index (χ2v) is 4.47. The first kappa shape index (κ1) is 13.3. The Morgan fingerprint density at radius 2 is 2.21 bits per heavy atom. The number of aryl methyl sites for hydroxylation is 1. The summed E-state index contributed by atoms with van der Waals surface area (Å²) in [5, 5.41) is 0. The molecule has 1 atom stereocenters. The number of ketones is 1. The maximum absolute atomic E-state index is 12.5. The smallest absolute Gasteiger partial charge is 0.358 e. The molecule has 0 saturated carbocycles. The van der Waals surface area contributed by atoms with Crippen molar-refractivity contribution in [3.8, 4) is 5.75 Å². The van der Waals surface area contributed by atoms with Crippen molar-refractivity contribution in [2.24, 2.45) is 0 Å². The summed E-state index contributed by atoms with van der Waals surface area (Å²) in [4.78, 5) is 24.5. The van der Waals surface area contributed by atoms with Gasteiger partial charge in [-0.25, -0.2) is 4.79 Å². The SMILES string of the molecule is C/C=C\C[C@@]1(C(=O)OC)Oc2c(C)cccc2C1=O. The van der Waals surface area contributed by atoms with E-state index in [0.29, 0.717) is 11.3 Å². The normalized spacial score (nSPS) is 21.3. The van der Waals surface area contributed by atoms with Gasteiger partial charge in [-0.2, -0.15) is 0 Å². The van der Waals surface area contributed by atoms with Crippen LogP contribution in [0.2, 0.25) is 0 Å². The molecular weight excluding hydrogens is 244 g/mol. The van der Waals surface area contributed by atoms with Crippen molar-refractivity contribution in [1.29, 1.82) is 0 Å². The van der Waals surface area contributed by atoms with Crippen molar-refractivity contribution in [3.63, 3.8) is 0 Å². The van der Waals surface area contributed by atoms with Crippen LogP contribution >= 0.6 is 0 Å². The molecular formula is C15H16O4. The monoisotopic (exact) mass is 260 g/mol. The van der Waals surface area contributed by atoms with Gasteiger partial charge in [0.05, 0.1) is 12.7 Å². The third kappa shape index (κ3) is 1.93. The Bertz CT molecular complexity index is 559. The molecule has 0 spiro atoms. The van der Waals surface area contributed by atoms with Crippen molar-refractivity contribution < 1.29 is 19.1 Å². The third-order valence-electron chi connectivity index (χ3n) is 3.26. The number of hydrogen-bond donors (Lipinski definition) is 0. The van der Waals surface area contributed by atoms with E-state index in [2.05, 4.69) is 0 Å². The molecule has 0 N–H and O–H groups in total. The Morgan fingerprint density at radius 1 is 1.47 bits per heavy atom. The Morgan fingerprint density at radius 3 is 2.79 bits per heavy atom. The van der Waals surface area contributed by atoms with Gasteiger partial charge < -0.3 is 9.47 Å². The molecule has 0 amide bonds. The summed E-state index contributed by atoms with van der Waals surface area (Å²) in [6.45, 7) is 3.66. The molecule has 0 saturated heterocycles. The van der Waals surface area contributed by atoms with Crippen LogP contribution in [0.5, 0.6) is 5.75 Å². The zero-order valence-corrected chi connectivity index (χ0v) is 11.2. The molecule has 100 valence electrons. The minimum Gasteiger partial charge on any atom is -0.466 e. The molecule has 0 fully saturated rings. The number of ether oxygens (including phenoxy) is 2. The first-order chi connectivity index (χ1) is 9.06. The predicted octanol–water partition coefficient (Wildman–Crippen LogP) is 2.45. The molecule has 1 aromatic rings. The first-order valence-electron chi connectivity index (χ1n) is 6.10. The van der Waals surface area contributed by atoms with Gasteiger partial charge in [-0.05, 0) is 25.5 Å². The molecule has 1 aliphatic rings. The van der Waals surface area contributed by atoms with Crippen LogP contribution in [0, 0.1) is 6.92 Å². The lowest BCUT2D eigenvalue weighted by Crippen LogP contribution is -2.48. The average molecular weight is 260 g/mol. The third-order valence-corrected chi connectivity index (χ3v) is 3.26. The van der Waals surface area contributed by atoms with E-state index >= 15 is 0 Å². The summed E-state index contributed by atoms with van der Waals surface area (Å²) >= 11 is 0. The van der Waals surface area contributed by atoms with E-state index in [9.17, 15) is 9.59 Å². The van der Waals surface area contributed by atoms with Gasteiger partial charge in [0.15, 0.2) is 0 Å². The van der Waals surface area contributed by atoms with E-state index in [0.717, 1.165) is 5.56 Å². The van der Waals surface area contributed by atoms with Crippen molar-refractivity contribution in [2.75, 3.05) is 7.11 Å². The number of carbonyl (C=O) groups excluding carboxylic acids is 2. The number of rotatable bonds is 3. The molecule has 2 rings (SSSR count). The Labute approximate surface area is 112 Å². The maximum Gasteiger partial charge on any atom is 0.358 e. The lowest BCUT2D eigenvalue weighted by molar-refractivity contribution is -0.153. The van der Waals surface area contributed by atoms with Gasteiger partial charge in [0, 0.05) is 6.42 Å². The number of carbonyl (C=O) groups is 2. The molecule has 0 unspecified atom stereocenters. The second kappa shape index (κ2) is 4.88. The molecule has 4 nitrogen and oxygen atoms in total. The second-order valence-electron chi connectivity index (χ2n) is 4.47. The van der Waals surface area contributed by atoms with E-state index in [1.807, 2.05) is 19.9 Å². The van der Waals surface area contributed by atoms with Crippen molar-refractivity contribution >= 4 is 11.8 Å². The number of benzene rings is 1. The van der Waals surface area contributed by atoms with Crippen LogP contribution in [0.25, 0.3) is 0 Å². The van der Waals surface area contributed by atoms with Crippen LogP contribution < -0.4 is 4.74 Å². The molecule has 0 aromatic heterocycles. The Hall–Kier alpha value is -2.10. The molecule has 4 heteroatoms. The van der Waals surface area contributed by atoms with Crippen LogP contribution in [0.3, 0.4) is 0 Å². The highest BCUT2D eigenvalue weighted by atomic mass is 16.6. The summed E-state index contributed by atoms with van der Waals surface area (Å²) in [6, 6.07) is 5.29. The van der Waals surface area contributed by atoms with E-state index in [1.54, 1.807) is 24.3 Å². The average Bonchev–Trinajstić information content (AvgIpc) is 2.72. The van der Waals surface area contributed by atoms with E-state index < -0.39 is 11.6 Å². The van der Waals surface area contributed by atoms with Gasteiger partial charge in [-0.15, -0.1) is 0 Å². The number of methoxy groups -OCH3 is 1. The maximum atomic E-state index is 12.5. The summed E-state index contributed by atoms with van der Waals surface area (Å²) in [5.41, 5.74) is -0.303. The van der Waals surface area contributed by atoms with Crippen LogP contribution in [-0.2, 0) is 9.53 Å². The lowest BCUT2D eigenvalue weighted by Gasteiger charge is -2.23. The molecule has 0 aliphatic carbocycles. The number of fused-ring (bicyclic) bond motifs is 1. The topological polar surface area (TPSA) is 52.6 Å². The fourth-order valence-electron chi connectivity index (χ4n) is 2.21. The summed E-state index contributed by atoms with van der Waals surface area (Å²) < 4.78 is 10.5. The lowest BCUT2D eigenvalue weighted by atomic mass is 9.91. The first-order valence-corrected chi connectivity index (χ1v) is 6.10. The fraction of sp³-hybridized carbons (Fsp3) is 0.333. The minimum atomic E-state index is -1.57. The van der Waals surface area contributed by atoms with Gasteiger partial charge in [-0.3, -0.25) is 4.79 Å². The number of Topliss-reactive ketones (excluding diaryl/α,β-unsaturated/α-hetero) is 1. The number of para-hydroxylation sites is 1. The highest BCUT2D eigenvalue weighted by Gasteiger charge is 2.54. The van der Waals surface area contributed by atoms with E-state index in [-0.39, 0.29) is 12.2 Å².